The molecule has 0 amide bonds. The Kier molecular flexibility index (Phi) is 2.55. The summed E-state index contributed by atoms with van der Waals surface area (Å²) in [5.41, 5.74) is 0. The second-order valence-corrected chi connectivity index (χ2v) is 6.73. The van der Waals surface area contributed by atoms with E-state index in [-0.39, 0.29) is 6.04 Å². The highest BCUT2D eigenvalue weighted by Gasteiger charge is 2.49. The van der Waals surface area contributed by atoms with Crippen LogP contribution in [0.15, 0.2) is 0 Å². The number of rotatable bonds is 3. The third-order valence-corrected chi connectivity index (χ3v) is 5.53. The molecule has 2 saturated carbocycles. The average Bonchev–Trinajstić information content (AvgIpc) is 2.83. The van der Waals surface area contributed by atoms with E-state index in [1.54, 1.807) is 0 Å². The maximum absolute atomic E-state index is 11.6. The number of hydrogen-bond donors (Lipinski definition) is 1. The molecule has 5 nitrogen and oxygen atoms in total. The first-order valence-corrected chi connectivity index (χ1v) is 7.84. The van der Waals surface area contributed by atoms with E-state index in [4.69, 9.17) is 0 Å². The van der Waals surface area contributed by atoms with Crippen molar-refractivity contribution >= 4 is 22.6 Å². The molecule has 3 fully saturated rings. The maximum atomic E-state index is 11.6. The molecule has 0 aromatic carbocycles. The Hall–Kier alpha value is -1.17. The zero-order valence-electron chi connectivity index (χ0n) is 10.7. The van der Waals surface area contributed by atoms with Crippen molar-refractivity contribution in [2.75, 3.05) is 11.4 Å². The first-order chi connectivity index (χ1) is 9.24. The lowest BCUT2D eigenvalue weighted by Gasteiger charge is -2.23. The summed E-state index contributed by atoms with van der Waals surface area (Å²) in [6.07, 6.45) is 5.76. The summed E-state index contributed by atoms with van der Waals surface area (Å²) >= 11 is 1.38. The van der Waals surface area contributed by atoms with Crippen LogP contribution in [0, 0.1) is 11.8 Å². The molecule has 0 radical (unpaired) electrons. The fourth-order valence-electron chi connectivity index (χ4n) is 3.67. The van der Waals surface area contributed by atoms with Gasteiger partial charge in [0.2, 0.25) is 5.13 Å². The van der Waals surface area contributed by atoms with Crippen molar-refractivity contribution in [3.05, 3.63) is 5.82 Å². The third-order valence-electron chi connectivity index (χ3n) is 4.76. The maximum Gasteiger partial charge on any atom is 0.326 e. The molecule has 3 aliphatic rings. The van der Waals surface area contributed by atoms with Crippen LogP contribution in [0.1, 0.15) is 43.8 Å². The average molecular weight is 279 g/mol. The first-order valence-electron chi connectivity index (χ1n) is 7.07. The van der Waals surface area contributed by atoms with Crippen LogP contribution >= 0.6 is 11.5 Å². The molecule has 1 aromatic heterocycles. The van der Waals surface area contributed by atoms with Gasteiger partial charge in [0.15, 0.2) is 0 Å². The molecule has 1 aliphatic heterocycles. The van der Waals surface area contributed by atoms with Gasteiger partial charge in [-0.25, -0.2) is 9.78 Å². The van der Waals surface area contributed by atoms with Crippen molar-refractivity contribution in [3.8, 4) is 0 Å². The zero-order valence-corrected chi connectivity index (χ0v) is 11.5. The Bertz CT molecular complexity index is 514. The van der Waals surface area contributed by atoms with Crippen LogP contribution in [0.4, 0.5) is 5.13 Å². The van der Waals surface area contributed by atoms with Crippen molar-refractivity contribution in [2.45, 2.75) is 44.1 Å². The van der Waals surface area contributed by atoms with Crippen molar-refractivity contribution < 1.29 is 9.90 Å². The molecule has 19 heavy (non-hydrogen) atoms. The van der Waals surface area contributed by atoms with Gasteiger partial charge in [0.25, 0.3) is 0 Å². The van der Waals surface area contributed by atoms with E-state index < -0.39 is 5.97 Å². The Labute approximate surface area is 115 Å². The molecule has 0 spiro atoms. The Morgan fingerprint density at radius 1 is 1.32 bits per heavy atom. The van der Waals surface area contributed by atoms with E-state index in [0.29, 0.717) is 17.8 Å². The van der Waals surface area contributed by atoms with Gasteiger partial charge in [0.1, 0.15) is 11.9 Å². The summed E-state index contributed by atoms with van der Waals surface area (Å²) in [7, 11) is 0. The second-order valence-electron chi connectivity index (χ2n) is 6.00. The van der Waals surface area contributed by atoms with Gasteiger partial charge >= 0.3 is 5.97 Å². The van der Waals surface area contributed by atoms with Crippen molar-refractivity contribution in [1.82, 2.24) is 9.36 Å². The van der Waals surface area contributed by atoms with Crippen LogP contribution in [0.25, 0.3) is 0 Å². The quantitative estimate of drug-likeness (QED) is 0.918. The zero-order chi connectivity index (χ0) is 13.0. The number of hydrogen-bond acceptors (Lipinski definition) is 5. The molecule has 2 heterocycles. The highest BCUT2D eigenvalue weighted by Crippen LogP contribution is 2.45. The predicted octanol–water partition coefficient (Wildman–Crippen LogP) is 2.10. The number of carboxylic acids is 1. The summed E-state index contributed by atoms with van der Waals surface area (Å²) in [5, 5.41) is 10.4. The Morgan fingerprint density at radius 2 is 2.16 bits per heavy atom. The number of nitrogens with zero attached hydrogens (tertiary/aromatic N) is 3. The van der Waals surface area contributed by atoms with Gasteiger partial charge in [-0.05, 0) is 37.5 Å². The lowest BCUT2D eigenvalue weighted by molar-refractivity contribution is -0.139. The molecule has 3 atom stereocenters. The molecular formula is C13H17N3O2S. The highest BCUT2D eigenvalue weighted by atomic mass is 32.1. The van der Waals surface area contributed by atoms with Crippen LogP contribution in [0.5, 0.6) is 0 Å². The number of aliphatic carboxylic acids is 1. The summed E-state index contributed by atoms with van der Waals surface area (Å²) in [6.45, 7) is 0.848. The van der Waals surface area contributed by atoms with Crippen molar-refractivity contribution in [2.24, 2.45) is 11.8 Å². The minimum Gasteiger partial charge on any atom is -0.480 e. The minimum absolute atomic E-state index is 0.311. The van der Waals surface area contributed by atoms with Crippen LogP contribution < -0.4 is 4.90 Å². The van der Waals surface area contributed by atoms with Gasteiger partial charge in [0, 0.05) is 24.0 Å². The van der Waals surface area contributed by atoms with Gasteiger partial charge in [-0.1, -0.05) is 6.42 Å². The monoisotopic (exact) mass is 279 g/mol. The smallest absolute Gasteiger partial charge is 0.326 e. The number of anilines is 1. The fourth-order valence-corrected chi connectivity index (χ4v) is 4.46. The van der Waals surface area contributed by atoms with Crippen molar-refractivity contribution in [3.63, 3.8) is 0 Å². The van der Waals surface area contributed by atoms with Gasteiger partial charge in [-0.2, -0.15) is 4.37 Å². The molecule has 1 aromatic rings. The Morgan fingerprint density at radius 3 is 2.89 bits per heavy atom. The van der Waals surface area contributed by atoms with E-state index in [1.165, 1.54) is 37.2 Å². The third kappa shape index (κ3) is 1.84. The largest absolute Gasteiger partial charge is 0.480 e. The lowest BCUT2D eigenvalue weighted by Crippen LogP contribution is -2.39. The number of fused-ring (bicyclic) bond motifs is 1. The van der Waals surface area contributed by atoms with Crippen LogP contribution in [0.2, 0.25) is 0 Å². The minimum atomic E-state index is -0.697. The highest BCUT2D eigenvalue weighted by molar-refractivity contribution is 7.09. The first kappa shape index (κ1) is 11.6. The normalized spacial score (nSPS) is 33.7. The molecule has 2 aliphatic carbocycles. The molecule has 1 N–H and O–H groups in total. The van der Waals surface area contributed by atoms with Crippen molar-refractivity contribution in [1.29, 1.82) is 0 Å². The van der Waals surface area contributed by atoms with E-state index in [1.807, 2.05) is 4.90 Å². The summed E-state index contributed by atoms with van der Waals surface area (Å²) in [5.74, 6) is 1.62. The van der Waals surface area contributed by atoms with E-state index >= 15 is 0 Å². The lowest BCUT2D eigenvalue weighted by atomic mass is 9.94. The molecule has 4 rings (SSSR count). The number of carbonyl (C=O) groups is 1. The van der Waals surface area contributed by atoms with Gasteiger partial charge in [0.05, 0.1) is 0 Å². The predicted molar refractivity (Wildman–Crippen MR) is 71.5 cm³/mol. The second kappa shape index (κ2) is 4.16. The van der Waals surface area contributed by atoms with E-state index in [9.17, 15) is 9.90 Å². The number of carboxylic acid groups (broad SMARTS) is 1. The molecule has 1 saturated heterocycles. The standard InChI is InChI=1S/C13H17N3O2S/c17-12(18)10-9-3-1-2-8(9)6-16(10)13-14-11(15-19-13)7-4-5-7/h7-10H,1-6H2,(H,17,18). The summed E-state index contributed by atoms with van der Waals surface area (Å²) in [6, 6.07) is -0.382. The van der Waals surface area contributed by atoms with Gasteiger partial charge in [-0.3, -0.25) is 0 Å². The van der Waals surface area contributed by atoms with E-state index in [2.05, 4.69) is 9.36 Å². The van der Waals surface area contributed by atoms with Crippen LogP contribution in [0.3, 0.4) is 0 Å². The van der Waals surface area contributed by atoms with Crippen LogP contribution in [-0.4, -0.2) is 33.0 Å². The Balaban J connectivity index is 1.63. The number of aromatic nitrogens is 2. The van der Waals surface area contributed by atoms with Gasteiger partial charge < -0.3 is 10.0 Å². The molecule has 6 heteroatoms. The fraction of sp³-hybridized carbons (Fsp3) is 0.769. The molecule has 3 unspecified atom stereocenters. The topological polar surface area (TPSA) is 66.3 Å². The molecule has 102 valence electrons. The SMILES string of the molecule is O=C(O)C1C2CCCC2CN1c1nc(C2CC2)ns1. The summed E-state index contributed by atoms with van der Waals surface area (Å²) < 4.78 is 4.41. The summed E-state index contributed by atoms with van der Waals surface area (Å²) in [4.78, 5) is 18.2. The van der Waals surface area contributed by atoms with Crippen LogP contribution in [-0.2, 0) is 4.79 Å². The molecular weight excluding hydrogens is 262 g/mol. The van der Waals surface area contributed by atoms with E-state index in [0.717, 1.165) is 23.9 Å². The molecule has 0 bridgehead atoms. The van der Waals surface area contributed by atoms with Gasteiger partial charge in [-0.15, -0.1) is 0 Å².